The van der Waals surface area contributed by atoms with E-state index in [2.05, 4.69) is 4.98 Å². The molecule has 0 amide bonds. The van der Waals surface area contributed by atoms with Gasteiger partial charge in [0, 0.05) is 7.05 Å². The molecule has 0 aliphatic heterocycles. The summed E-state index contributed by atoms with van der Waals surface area (Å²) < 4.78 is 63.3. The van der Waals surface area contributed by atoms with Crippen LogP contribution in [0.15, 0.2) is 34.5 Å². The molecule has 0 saturated heterocycles. The van der Waals surface area contributed by atoms with Crippen molar-refractivity contribution in [3.05, 3.63) is 45.3 Å². The van der Waals surface area contributed by atoms with Gasteiger partial charge in [0.05, 0.1) is 15.8 Å². The molecule has 0 bridgehead atoms. The van der Waals surface area contributed by atoms with Gasteiger partial charge in [0.2, 0.25) is 0 Å². The number of sulfonamides is 1. The van der Waals surface area contributed by atoms with E-state index < -0.39 is 36.7 Å². The highest BCUT2D eigenvalue weighted by atomic mass is 32.2. The monoisotopic (exact) mass is 367 g/mol. The number of nitrogens with zero attached hydrogens (tertiary/aromatic N) is 3. The first kappa shape index (κ1) is 17.1. The molecule has 2 rings (SSSR count). The highest BCUT2D eigenvalue weighted by Crippen LogP contribution is 2.32. The van der Waals surface area contributed by atoms with Crippen molar-refractivity contribution in [2.75, 3.05) is 11.4 Å². The van der Waals surface area contributed by atoms with Crippen molar-refractivity contribution in [1.82, 2.24) is 4.98 Å². The quantitative estimate of drug-likeness (QED) is 0.612. The van der Waals surface area contributed by atoms with E-state index in [9.17, 15) is 31.7 Å². The smallest absolute Gasteiger partial charge is 0.357 e. The van der Waals surface area contributed by atoms with Gasteiger partial charge in [-0.2, -0.15) is 13.2 Å². The van der Waals surface area contributed by atoms with Crippen molar-refractivity contribution in [2.24, 2.45) is 0 Å². The van der Waals surface area contributed by atoms with Crippen LogP contribution in [-0.4, -0.2) is 25.4 Å². The summed E-state index contributed by atoms with van der Waals surface area (Å²) in [5, 5.41) is 11.2. The largest absolute Gasteiger partial charge is 0.425 e. The van der Waals surface area contributed by atoms with Crippen LogP contribution in [-0.2, 0) is 16.2 Å². The van der Waals surface area contributed by atoms with Crippen molar-refractivity contribution in [3.63, 3.8) is 0 Å². The molecule has 0 fully saturated rings. The van der Waals surface area contributed by atoms with E-state index in [-0.39, 0.29) is 5.82 Å². The first-order chi connectivity index (χ1) is 10.5. The van der Waals surface area contributed by atoms with Crippen molar-refractivity contribution < 1.29 is 26.5 Å². The molecular weight excluding hydrogens is 359 g/mol. The normalized spacial score (nSPS) is 12.2. The number of anilines is 1. The molecule has 0 N–H and O–H groups in total. The lowest BCUT2D eigenvalue weighted by atomic mass is 10.2. The van der Waals surface area contributed by atoms with Crippen LogP contribution in [0.3, 0.4) is 0 Å². The Morgan fingerprint density at radius 1 is 1.35 bits per heavy atom. The number of halogens is 3. The Balaban J connectivity index is 2.43. The molecule has 0 saturated carbocycles. The molecule has 0 aliphatic rings. The lowest BCUT2D eigenvalue weighted by Crippen LogP contribution is -2.27. The topological polar surface area (TPSA) is 93.4 Å². The summed E-state index contributed by atoms with van der Waals surface area (Å²) in [6.45, 7) is 0. The minimum atomic E-state index is -4.69. The molecule has 1 heterocycles. The van der Waals surface area contributed by atoms with E-state index in [0.29, 0.717) is 21.7 Å². The van der Waals surface area contributed by atoms with Gasteiger partial charge in [0.25, 0.3) is 15.8 Å². The van der Waals surface area contributed by atoms with Crippen LogP contribution in [0.2, 0.25) is 0 Å². The van der Waals surface area contributed by atoms with Gasteiger partial charge >= 0.3 is 11.3 Å². The maximum absolute atomic E-state index is 12.7. The SMILES string of the molecule is CN(c1csc([N+](=O)[O-])n1)S(=O)(=O)c1cccc(C(F)(F)F)c1. The fraction of sp³-hybridized carbons (Fsp3) is 0.182. The second kappa shape index (κ2) is 5.77. The molecule has 12 heteroatoms. The van der Waals surface area contributed by atoms with Gasteiger partial charge in [-0.25, -0.2) is 12.7 Å². The number of aromatic nitrogens is 1. The molecule has 0 radical (unpaired) electrons. The summed E-state index contributed by atoms with van der Waals surface area (Å²) in [5.74, 6) is -0.251. The molecule has 0 aliphatic carbocycles. The fourth-order valence-electron chi connectivity index (χ4n) is 1.60. The van der Waals surface area contributed by atoms with Gasteiger partial charge in [-0.3, -0.25) is 0 Å². The Kier molecular flexibility index (Phi) is 4.30. The average molecular weight is 367 g/mol. The van der Waals surface area contributed by atoms with Gasteiger partial charge in [-0.1, -0.05) is 6.07 Å². The average Bonchev–Trinajstić information content (AvgIpc) is 2.95. The number of hydrogen-bond donors (Lipinski definition) is 0. The molecule has 7 nitrogen and oxygen atoms in total. The number of alkyl halides is 3. The molecular formula is C11H8F3N3O4S2. The molecule has 1 aromatic carbocycles. The van der Waals surface area contributed by atoms with Crippen molar-refractivity contribution in [3.8, 4) is 0 Å². The van der Waals surface area contributed by atoms with Crippen LogP contribution < -0.4 is 4.31 Å². The summed E-state index contributed by atoms with van der Waals surface area (Å²) in [4.78, 5) is 12.7. The molecule has 0 spiro atoms. The Morgan fingerprint density at radius 3 is 2.52 bits per heavy atom. The van der Waals surface area contributed by atoms with Gasteiger partial charge in [0.15, 0.2) is 0 Å². The zero-order valence-corrected chi connectivity index (χ0v) is 12.9. The van der Waals surface area contributed by atoms with Gasteiger partial charge in [-0.15, -0.1) is 0 Å². The molecule has 1 aromatic heterocycles. The third kappa shape index (κ3) is 3.42. The number of nitro groups is 1. The van der Waals surface area contributed by atoms with E-state index >= 15 is 0 Å². The Morgan fingerprint density at radius 2 is 2.00 bits per heavy atom. The van der Waals surface area contributed by atoms with Crippen LogP contribution >= 0.6 is 11.3 Å². The van der Waals surface area contributed by atoms with E-state index in [1.807, 2.05) is 0 Å². The number of thiazole rings is 1. The molecule has 124 valence electrons. The highest BCUT2D eigenvalue weighted by molar-refractivity contribution is 7.92. The van der Waals surface area contributed by atoms with Crippen molar-refractivity contribution in [1.29, 1.82) is 0 Å². The second-order valence-corrected chi connectivity index (χ2v) is 7.05. The van der Waals surface area contributed by atoms with Crippen molar-refractivity contribution >= 4 is 32.3 Å². The molecule has 2 aromatic rings. The first-order valence-corrected chi connectivity index (χ1v) is 8.11. The maximum Gasteiger partial charge on any atom is 0.425 e. The van der Waals surface area contributed by atoms with E-state index in [1.54, 1.807) is 0 Å². The summed E-state index contributed by atoms with van der Waals surface area (Å²) >= 11 is 0.608. The summed E-state index contributed by atoms with van der Waals surface area (Å²) in [6.07, 6.45) is -4.69. The van der Waals surface area contributed by atoms with Gasteiger partial charge in [0.1, 0.15) is 0 Å². The van der Waals surface area contributed by atoms with Crippen LogP contribution in [0.25, 0.3) is 0 Å². The third-order valence-corrected chi connectivity index (χ3v) is 5.32. The van der Waals surface area contributed by atoms with E-state index in [4.69, 9.17) is 0 Å². The zero-order valence-electron chi connectivity index (χ0n) is 11.3. The lowest BCUT2D eigenvalue weighted by molar-refractivity contribution is -0.384. The first-order valence-electron chi connectivity index (χ1n) is 5.79. The number of benzene rings is 1. The standard InChI is InChI=1S/C11H8F3N3O4S2/c1-16(9-6-22-10(15-9)17(18)19)23(20,21)8-4-2-3-7(5-8)11(12,13)14/h2-6H,1H3. The van der Waals surface area contributed by atoms with Crippen LogP contribution in [0, 0.1) is 10.1 Å². The molecule has 0 unspecified atom stereocenters. The van der Waals surface area contributed by atoms with Crippen LogP contribution in [0.4, 0.5) is 24.1 Å². The van der Waals surface area contributed by atoms with Crippen LogP contribution in [0.5, 0.6) is 0 Å². The predicted molar refractivity (Wildman–Crippen MR) is 75.8 cm³/mol. The zero-order chi connectivity index (χ0) is 17.4. The number of hydrogen-bond acceptors (Lipinski definition) is 6. The van der Waals surface area contributed by atoms with Gasteiger partial charge in [-0.05, 0) is 39.4 Å². The second-order valence-electron chi connectivity index (χ2n) is 4.24. The third-order valence-electron chi connectivity index (χ3n) is 2.78. The minimum absolute atomic E-state index is 0.251. The molecule has 0 atom stereocenters. The van der Waals surface area contributed by atoms with E-state index in [1.165, 1.54) is 0 Å². The fourth-order valence-corrected chi connectivity index (χ4v) is 3.50. The van der Waals surface area contributed by atoms with Crippen molar-refractivity contribution in [2.45, 2.75) is 11.1 Å². The Bertz CT molecular complexity index is 848. The predicted octanol–water partition coefficient (Wildman–Crippen LogP) is 2.90. The Labute approximate surface area is 132 Å². The molecule has 23 heavy (non-hydrogen) atoms. The maximum atomic E-state index is 12.7. The number of rotatable bonds is 4. The van der Waals surface area contributed by atoms with Gasteiger partial charge < -0.3 is 10.1 Å². The summed E-state index contributed by atoms with van der Waals surface area (Å²) in [7, 11) is -3.28. The minimum Gasteiger partial charge on any atom is -0.357 e. The summed E-state index contributed by atoms with van der Waals surface area (Å²) in [5.41, 5.74) is -1.11. The van der Waals surface area contributed by atoms with E-state index in [0.717, 1.165) is 30.6 Å². The Hall–Kier alpha value is -2.21. The lowest BCUT2D eigenvalue weighted by Gasteiger charge is -2.15. The van der Waals surface area contributed by atoms with Crippen LogP contribution in [0.1, 0.15) is 5.56 Å². The highest BCUT2D eigenvalue weighted by Gasteiger charge is 2.33. The summed E-state index contributed by atoms with van der Waals surface area (Å²) in [6, 6.07) is 3.20.